The maximum Gasteiger partial charge on any atom is 0.0893 e. The molecule has 0 fully saturated rings. The van der Waals surface area contributed by atoms with Crippen LogP contribution >= 0.6 is 0 Å². The highest BCUT2D eigenvalue weighted by Gasteiger charge is 2.03. The van der Waals surface area contributed by atoms with Crippen LogP contribution in [-0.2, 0) is 0 Å². The molecule has 0 aliphatic heterocycles. The van der Waals surface area contributed by atoms with Gasteiger partial charge >= 0.3 is 0 Å². The molecule has 1 aromatic carbocycles. The minimum absolute atomic E-state index is 0.857. The molecule has 4 heteroatoms. The minimum Gasteiger partial charge on any atom is -0.354 e. The van der Waals surface area contributed by atoms with Gasteiger partial charge in [0.25, 0.3) is 0 Å². The smallest absolute Gasteiger partial charge is 0.0893 e. The van der Waals surface area contributed by atoms with Crippen molar-refractivity contribution < 1.29 is 0 Å². The Balaban J connectivity index is 1.67. The first kappa shape index (κ1) is 17.1. The molecule has 0 spiro atoms. The van der Waals surface area contributed by atoms with Gasteiger partial charge in [-0.2, -0.15) is 0 Å². The predicted molar refractivity (Wildman–Crippen MR) is 116 cm³/mol. The fourth-order valence-electron chi connectivity index (χ4n) is 3.41. The molecule has 0 saturated carbocycles. The Bertz CT molecular complexity index is 1390. The van der Waals surface area contributed by atoms with Gasteiger partial charge in [0.1, 0.15) is 0 Å². The number of aromatic nitrogens is 4. The van der Waals surface area contributed by atoms with Crippen molar-refractivity contribution in [1.82, 2.24) is 19.9 Å². The molecular formula is C25H18N4. The third-order valence-corrected chi connectivity index (χ3v) is 4.75. The molecule has 0 aliphatic carbocycles. The van der Waals surface area contributed by atoms with Crippen molar-refractivity contribution in [2.45, 2.75) is 0 Å². The summed E-state index contributed by atoms with van der Waals surface area (Å²) in [5.41, 5.74) is 3.52. The number of nitrogens with zero attached hydrogens (tertiary/aromatic N) is 3. The Labute approximate surface area is 168 Å². The zero-order chi connectivity index (χ0) is 19.5. The van der Waals surface area contributed by atoms with Crippen molar-refractivity contribution in [3.05, 3.63) is 113 Å². The topological polar surface area (TPSA) is 54.5 Å². The normalized spacial score (nSPS) is 12.6. The molecule has 4 heterocycles. The van der Waals surface area contributed by atoms with E-state index in [0.717, 1.165) is 44.2 Å². The number of fused-ring (bicyclic) bond motifs is 1. The van der Waals surface area contributed by atoms with E-state index in [1.807, 2.05) is 54.6 Å². The zero-order valence-corrected chi connectivity index (χ0v) is 15.7. The maximum absolute atomic E-state index is 4.78. The van der Waals surface area contributed by atoms with Crippen molar-refractivity contribution in [1.29, 1.82) is 0 Å². The molecule has 0 amide bonds. The van der Waals surface area contributed by atoms with Gasteiger partial charge in [-0.05, 0) is 48.6 Å². The molecule has 4 nitrogen and oxygen atoms in total. The van der Waals surface area contributed by atoms with Crippen LogP contribution in [0.15, 0.2) is 91.3 Å². The highest BCUT2D eigenvalue weighted by Crippen LogP contribution is 2.14. The summed E-state index contributed by atoms with van der Waals surface area (Å²) in [6.07, 6.45) is 7.73. The van der Waals surface area contributed by atoms with Crippen LogP contribution in [0, 0.1) is 0 Å². The van der Waals surface area contributed by atoms with E-state index >= 15 is 0 Å². The molecule has 29 heavy (non-hydrogen) atoms. The van der Waals surface area contributed by atoms with Crippen LogP contribution in [0.25, 0.3) is 34.3 Å². The lowest BCUT2D eigenvalue weighted by atomic mass is 10.1. The first-order valence-corrected chi connectivity index (χ1v) is 9.46. The van der Waals surface area contributed by atoms with E-state index in [-0.39, 0.29) is 0 Å². The van der Waals surface area contributed by atoms with Gasteiger partial charge in [-0.3, -0.25) is 9.97 Å². The summed E-state index contributed by atoms with van der Waals surface area (Å²) in [5, 5.41) is 4.37. The summed E-state index contributed by atoms with van der Waals surface area (Å²) in [6, 6.07) is 26.1. The second kappa shape index (κ2) is 7.52. The Morgan fingerprint density at radius 2 is 1.17 bits per heavy atom. The van der Waals surface area contributed by atoms with E-state index in [2.05, 4.69) is 51.4 Å². The highest BCUT2D eigenvalue weighted by molar-refractivity contribution is 5.85. The fourth-order valence-corrected chi connectivity index (χ4v) is 3.41. The fraction of sp³-hybridized carbons (Fsp3) is 0. The Morgan fingerprint density at radius 3 is 1.86 bits per heavy atom. The molecule has 0 bridgehead atoms. The lowest BCUT2D eigenvalue weighted by Gasteiger charge is -2.00. The van der Waals surface area contributed by atoms with E-state index in [1.165, 1.54) is 0 Å². The molecule has 0 atom stereocenters. The largest absolute Gasteiger partial charge is 0.354 e. The summed E-state index contributed by atoms with van der Waals surface area (Å²) < 4.78 is 0. The molecule has 0 radical (unpaired) electrons. The van der Waals surface area contributed by atoms with Gasteiger partial charge in [-0.1, -0.05) is 42.5 Å². The second-order valence-corrected chi connectivity index (χ2v) is 6.70. The molecule has 0 unspecified atom stereocenters. The number of nitrogens with one attached hydrogen (secondary N) is 1. The van der Waals surface area contributed by atoms with Crippen LogP contribution in [0.1, 0.15) is 11.4 Å². The third-order valence-electron chi connectivity index (χ3n) is 4.75. The standard InChI is InChI=1S/C25H18N4/c1-2-11-21-20(10-1)24(16-18-8-3-5-14-26-18)29-25(21)17-19-9-7-13-23(28-19)22-12-4-6-15-27-22/h1-17,29H/b24-16-,25-17-. The van der Waals surface area contributed by atoms with Crippen molar-refractivity contribution >= 4 is 22.9 Å². The lowest BCUT2D eigenvalue weighted by Crippen LogP contribution is -2.10. The molecule has 1 N–H and O–H groups in total. The average Bonchev–Trinajstić information content (AvgIpc) is 3.12. The number of rotatable bonds is 3. The first-order chi connectivity index (χ1) is 14.4. The van der Waals surface area contributed by atoms with Crippen LogP contribution in [0.2, 0.25) is 0 Å². The number of H-pyrrole nitrogens is 1. The van der Waals surface area contributed by atoms with Gasteiger partial charge in [0.2, 0.25) is 0 Å². The van der Waals surface area contributed by atoms with E-state index in [1.54, 1.807) is 12.4 Å². The third kappa shape index (κ3) is 3.56. The number of hydrogen-bond acceptors (Lipinski definition) is 3. The van der Waals surface area contributed by atoms with Crippen molar-refractivity contribution in [2.24, 2.45) is 0 Å². The Kier molecular flexibility index (Phi) is 4.43. The monoisotopic (exact) mass is 374 g/mol. The Morgan fingerprint density at radius 1 is 0.552 bits per heavy atom. The molecule has 138 valence electrons. The average molecular weight is 374 g/mol. The van der Waals surface area contributed by atoms with Crippen LogP contribution in [0.3, 0.4) is 0 Å². The van der Waals surface area contributed by atoms with Gasteiger partial charge in [0, 0.05) is 33.9 Å². The van der Waals surface area contributed by atoms with E-state index in [4.69, 9.17) is 4.98 Å². The number of benzene rings is 1. The van der Waals surface area contributed by atoms with Crippen molar-refractivity contribution in [3.63, 3.8) is 0 Å². The van der Waals surface area contributed by atoms with Crippen LogP contribution in [-0.4, -0.2) is 19.9 Å². The van der Waals surface area contributed by atoms with Crippen molar-refractivity contribution in [3.8, 4) is 11.4 Å². The molecule has 5 aromatic rings. The summed E-state index contributed by atoms with van der Waals surface area (Å²) >= 11 is 0. The number of hydrogen-bond donors (Lipinski definition) is 1. The highest BCUT2D eigenvalue weighted by atomic mass is 14.8. The maximum atomic E-state index is 4.78. The van der Waals surface area contributed by atoms with Gasteiger partial charge in [-0.25, -0.2) is 4.98 Å². The molecule has 0 aliphatic rings. The molecule has 4 aromatic heterocycles. The second-order valence-electron chi connectivity index (χ2n) is 6.70. The van der Waals surface area contributed by atoms with Gasteiger partial charge < -0.3 is 4.98 Å². The Hall–Kier alpha value is -4.05. The first-order valence-electron chi connectivity index (χ1n) is 9.46. The summed E-state index contributed by atoms with van der Waals surface area (Å²) in [5.74, 6) is 0. The van der Waals surface area contributed by atoms with Gasteiger partial charge in [-0.15, -0.1) is 0 Å². The van der Waals surface area contributed by atoms with Crippen LogP contribution in [0.4, 0.5) is 0 Å². The van der Waals surface area contributed by atoms with Gasteiger partial charge in [0.15, 0.2) is 0 Å². The quantitative estimate of drug-likeness (QED) is 0.524. The number of pyridine rings is 3. The predicted octanol–water partition coefficient (Wildman–Crippen LogP) is 3.68. The molecular weight excluding hydrogens is 356 g/mol. The zero-order valence-electron chi connectivity index (χ0n) is 15.7. The summed E-state index contributed by atoms with van der Waals surface area (Å²) in [7, 11) is 0. The number of aromatic amines is 1. The molecule has 5 rings (SSSR count). The van der Waals surface area contributed by atoms with Crippen LogP contribution < -0.4 is 10.7 Å². The molecule has 0 saturated heterocycles. The SMILES string of the molecule is C(/c1ccccn1)=c1/[nH]/c(=C\c2cccc(-c3ccccn3)n2)c2ccccc12. The van der Waals surface area contributed by atoms with E-state index < -0.39 is 0 Å². The summed E-state index contributed by atoms with van der Waals surface area (Å²) in [6.45, 7) is 0. The summed E-state index contributed by atoms with van der Waals surface area (Å²) in [4.78, 5) is 17.1. The van der Waals surface area contributed by atoms with Gasteiger partial charge in [0.05, 0.1) is 22.8 Å². The van der Waals surface area contributed by atoms with Crippen molar-refractivity contribution in [2.75, 3.05) is 0 Å². The van der Waals surface area contributed by atoms with Crippen LogP contribution in [0.5, 0.6) is 0 Å². The van der Waals surface area contributed by atoms with E-state index in [0.29, 0.717) is 0 Å². The lowest BCUT2D eigenvalue weighted by molar-refractivity contribution is 1.22. The minimum atomic E-state index is 0.857. The van der Waals surface area contributed by atoms with E-state index in [9.17, 15) is 0 Å².